The van der Waals surface area contributed by atoms with E-state index in [1.165, 1.54) is 7.11 Å². The zero-order chi connectivity index (χ0) is 7.78. The van der Waals surface area contributed by atoms with Crippen molar-refractivity contribution < 1.29 is 14.6 Å². The summed E-state index contributed by atoms with van der Waals surface area (Å²) in [6.45, 7) is 0. The Labute approximate surface area is 59.0 Å². The van der Waals surface area contributed by atoms with Gasteiger partial charge in [0, 0.05) is 7.11 Å². The Morgan fingerprint density at radius 1 is 1.80 bits per heavy atom. The Morgan fingerprint density at radius 2 is 2.30 bits per heavy atom. The summed E-state index contributed by atoms with van der Waals surface area (Å²) in [5.74, 6) is -0.987. The van der Waals surface area contributed by atoms with Crippen molar-refractivity contribution in [2.24, 2.45) is 5.73 Å². The second-order valence-electron chi connectivity index (χ2n) is 2.58. The van der Waals surface area contributed by atoms with Crippen LogP contribution in [0.2, 0.25) is 0 Å². The van der Waals surface area contributed by atoms with Crippen molar-refractivity contribution in [3.63, 3.8) is 0 Å². The van der Waals surface area contributed by atoms with Gasteiger partial charge < -0.3 is 15.6 Å². The van der Waals surface area contributed by atoms with Crippen molar-refractivity contribution in [3.05, 3.63) is 0 Å². The number of ether oxygens (including phenoxy) is 1. The number of carbonyl (C=O) groups is 1. The molecule has 58 valence electrons. The van der Waals surface area contributed by atoms with E-state index >= 15 is 0 Å². The first kappa shape index (κ1) is 7.50. The Balaban J connectivity index is 2.55. The molecule has 1 rings (SSSR count). The number of rotatable bonds is 3. The van der Waals surface area contributed by atoms with Gasteiger partial charge in [-0.25, -0.2) is 0 Å². The molecule has 0 spiro atoms. The largest absolute Gasteiger partial charge is 0.480 e. The van der Waals surface area contributed by atoms with Gasteiger partial charge in [-0.3, -0.25) is 4.79 Å². The third-order valence-electron chi connectivity index (χ3n) is 1.98. The van der Waals surface area contributed by atoms with E-state index in [4.69, 9.17) is 15.6 Å². The van der Waals surface area contributed by atoms with Gasteiger partial charge in [0.1, 0.15) is 6.04 Å². The lowest BCUT2D eigenvalue weighted by Crippen LogP contribution is -2.44. The van der Waals surface area contributed by atoms with E-state index < -0.39 is 17.6 Å². The molecular weight excluding hydrogens is 134 g/mol. The third kappa shape index (κ3) is 0.998. The molecule has 4 nitrogen and oxygen atoms in total. The molecule has 1 saturated carbocycles. The van der Waals surface area contributed by atoms with Crippen LogP contribution in [-0.2, 0) is 9.53 Å². The van der Waals surface area contributed by atoms with Crippen molar-refractivity contribution in [2.75, 3.05) is 7.11 Å². The van der Waals surface area contributed by atoms with Crippen molar-refractivity contribution in [1.82, 2.24) is 0 Å². The van der Waals surface area contributed by atoms with Crippen molar-refractivity contribution in [3.8, 4) is 0 Å². The standard InChI is InChI=1S/C6H11NO3/c1-10-6(2-3-6)4(7)5(8)9/h4H,2-3,7H2,1H3,(H,8,9). The number of carboxylic acid groups (broad SMARTS) is 1. The van der Waals surface area contributed by atoms with Crippen LogP contribution in [0.5, 0.6) is 0 Å². The van der Waals surface area contributed by atoms with Crippen LogP contribution >= 0.6 is 0 Å². The molecule has 0 heterocycles. The first-order valence-electron chi connectivity index (χ1n) is 3.16. The third-order valence-corrected chi connectivity index (χ3v) is 1.98. The lowest BCUT2D eigenvalue weighted by atomic mass is 10.1. The molecule has 0 saturated heterocycles. The topological polar surface area (TPSA) is 72.5 Å². The van der Waals surface area contributed by atoms with Gasteiger partial charge in [0.25, 0.3) is 0 Å². The number of hydrogen-bond donors (Lipinski definition) is 2. The van der Waals surface area contributed by atoms with Crippen LogP contribution in [0, 0.1) is 0 Å². The molecule has 0 radical (unpaired) electrons. The molecule has 4 heteroatoms. The maximum atomic E-state index is 10.3. The Hall–Kier alpha value is -0.610. The van der Waals surface area contributed by atoms with E-state index in [1.807, 2.05) is 0 Å². The smallest absolute Gasteiger partial charge is 0.323 e. The number of hydrogen-bond acceptors (Lipinski definition) is 3. The van der Waals surface area contributed by atoms with Gasteiger partial charge in [-0.1, -0.05) is 0 Å². The summed E-state index contributed by atoms with van der Waals surface area (Å²) in [5, 5.41) is 8.48. The van der Waals surface area contributed by atoms with Crippen LogP contribution in [0.1, 0.15) is 12.8 Å². The summed E-state index contributed by atoms with van der Waals surface area (Å²) in [7, 11) is 1.50. The summed E-state index contributed by atoms with van der Waals surface area (Å²) >= 11 is 0. The first-order chi connectivity index (χ1) is 4.62. The van der Waals surface area contributed by atoms with Gasteiger partial charge in [0.15, 0.2) is 0 Å². The summed E-state index contributed by atoms with van der Waals surface area (Å²) in [6, 6.07) is -0.863. The molecule has 10 heavy (non-hydrogen) atoms. The molecule has 0 bridgehead atoms. The van der Waals surface area contributed by atoms with E-state index in [0.717, 1.165) is 12.8 Å². The molecule has 1 aliphatic rings. The van der Waals surface area contributed by atoms with Crippen LogP contribution in [-0.4, -0.2) is 29.8 Å². The molecule has 1 fully saturated rings. The van der Waals surface area contributed by atoms with E-state index in [9.17, 15) is 4.79 Å². The molecule has 0 aromatic heterocycles. The maximum absolute atomic E-state index is 10.3. The summed E-state index contributed by atoms with van der Waals surface area (Å²) in [5.41, 5.74) is 4.79. The Bertz CT molecular complexity index is 153. The van der Waals surface area contributed by atoms with Crippen LogP contribution in [0.15, 0.2) is 0 Å². The Kier molecular flexibility index (Phi) is 1.66. The second-order valence-corrected chi connectivity index (χ2v) is 2.58. The van der Waals surface area contributed by atoms with Crippen LogP contribution in [0.25, 0.3) is 0 Å². The predicted molar refractivity (Wildman–Crippen MR) is 34.6 cm³/mol. The molecular formula is C6H11NO3. The molecule has 0 amide bonds. The Morgan fingerprint density at radius 3 is 2.40 bits per heavy atom. The SMILES string of the molecule is COC1(C(N)C(=O)O)CC1. The highest BCUT2D eigenvalue weighted by molar-refractivity contribution is 5.75. The summed E-state index contributed by atoms with van der Waals surface area (Å²) in [6.07, 6.45) is 1.52. The van der Waals surface area contributed by atoms with E-state index in [0.29, 0.717) is 0 Å². The van der Waals surface area contributed by atoms with Gasteiger partial charge >= 0.3 is 5.97 Å². The fourth-order valence-electron chi connectivity index (χ4n) is 0.990. The van der Waals surface area contributed by atoms with Gasteiger partial charge in [-0.15, -0.1) is 0 Å². The average molecular weight is 145 g/mol. The molecule has 0 aromatic carbocycles. The van der Waals surface area contributed by atoms with Crippen LogP contribution in [0.4, 0.5) is 0 Å². The molecule has 3 N–H and O–H groups in total. The fourth-order valence-corrected chi connectivity index (χ4v) is 0.990. The molecule has 0 aliphatic heterocycles. The van der Waals surface area contributed by atoms with Gasteiger partial charge in [-0.05, 0) is 12.8 Å². The number of aliphatic carboxylic acids is 1. The number of carboxylic acids is 1. The monoisotopic (exact) mass is 145 g/mol. The quantitative estimate of drug-likeness (QED) is 0.565. The average Bonchev–Trinajstić information content (AvgIpc) is 2.66. The van der Waals surface area contributed by atoms with Crippen molar-refractivity contribution >= 4 is 5.97 Å². The van der Waals surface area contributed by atoms with Crippen LogP contribution < -0.4 is 5.73 Å². The maximum Gasteiger partial charge on any atom is 0.323 e. The lowest BCUT2D eigenvalue weighted by molar-refractivity contribution is -0.142. The lowest BCUT2D eigenvalue weighted by Gasteiger charge is -2.16. The summed E-state index contributed by atoms with van der Waals surface area (Å²) < 4.78 is 4.97. The van der Waals surface area contributed by atoms with Gasteiger partial charge in [-0.2, -0.15) is 0 Å². The van der Waals surface area contributed by atoms with Gasteiger partial charge in [0.2, 0.25) is 0 Å². The van der Waals surface area contributed by atoms with Crippen LogP contribution in [0.3, 0.4) is 0 Å². The number of methoxy groups -OCH3 is 1. The normalized spacial score (nSPS) is 23.8. The number of nitrogens with two attached hydrogens (primary N) is 1. The molecule has 1 unspecified atom stereocenters. The first-order valence-corrected chi connectivity index (χ1v) is 3.16. The predicted octanol–water partition coefficient (Wildman–Crippen LogP) is -0.423. The van der Waals surface area contributed by atoms with Crippen molar-refractivity contribution in [1.29, 1.82) is 0 Å². The van der Waals surface area contributed by atoms with Crippen molar-refractivity contribution in [2.45, 2.75) is 24.5 Å². The molecule has 1 atom stereocenters. The van der Waals surface area contributed by atoms with E-state index in [-0.39, 0.29) is 0 Å². The fraction of sp³-hybridized carbons (Fsp3) is 0.833. The molecule has 1 aliphatic carbocycles. The highest BCUT2D eigenvalue weighted by Crippen LogP contribution is 2.41. The van der Waals surface area contributed by atoms with E-state index in [2.05, 4.69) is 0 Å². The highest BCUT2D eigenvalue weighted by atomic mass is 16.5. The van der Waals surface area contributed by atoms with Gasteiger partial charge in [0.05, 0.1) is 5.60 Å². The van der Waals surface area contributed by atoms with E-state index in [1.54, 1.807) is 0 Å². The molecule has 0 aromatic rings. The zero-order valence-corrected chi connectivity index (χ0v) is 5.83. The summed E-state index contributed by atoms with van der Waals surface area (Å²) in [4.78, 5) is 10.3. The zero-order valence-electron chi connectivity index (χ0n) is 5.83. The minimum Gasteiger partial charge on any atom is -0.480 e. The minimum atomic E-state index is -0.987. The minimum absolute atomic E-state index is 0.550. The second kappa shape index (κ2) is 2.21. The highest BCUT2D eigenvalue weighted by Gasteiger charge is 2.51.